The van der Waals surface area contributed by atoms with Gasteiger partial charge in [0.25, 0.3) is 0 Å². The number of nitrogens with zero attached hydrogens (tertiary/aromatic N) is 6. The molecule has 0 saturated carbocycles. The molecular formula is C24H24F4N6O2. The maximum absolute atomic E-state index is 13.6. The number of halogens is 4. The fraction of sp³-hybridized carbons (Fsp3) is 0.333. The minimum atomic E-state index is -5.08. The van der Waals surface area contributed by atoms with Gasteiger partial charge in [-0.25, -0.2) is 18.7 Å². The lowest BCUT2D eigenvalue weighted by molar-refractivity contribution is -0.192. The maximum atomic E-state index is 13.6. The van der Waals surface area contributed by atoms with E-state index in [9.17, 15) is 17.6 Å². The fourth-order valence-corrected chi connectivity index (χ4v) is 4.13. The van der Waals surface area contributed by atoms with Crippen molar-refractivity contribution in [3.8, 4) is 11.1 Å². The lowest BCUT2D eigenvalue weighted by atomic mass is 9.97. The van der Waals surface area contributed by atoms with Crippen LogP contribution >= 0.6 is 0 Å². The summed E-state index contributed by atoms with van der Waals surface area (Å²) >= 11 is 0. The van der Waals surface area contributed by atoms with Gasteiger partial charge < -0.3 is 5.11 Å². The van der Waals surface area contributed by atoms with Gasteiger partial charge >= 0.3 is 12.1 Å². The Bertz CT molecular complexity index is 1350. The number of hydrogen-bond donors (Lipinski definition) is 1. The number of carboxylic acids is 1. The summed E-state index contributed by atoms with van der Waals surface area (Å²) in [6.45, 7) is 2.94. The Labute approximate surface area is 203 Å². The van der Waals surface area contributed by atoms with Gasteiger partial charge in [-0.05, 0) is 49.2 Å². The fourth-order valence-electron chi connectivity index (χ4n) is 4.13. The highest BCUT2D eigenvalue weighted by molar-refractivity contribution is 5.73. The molecule has 5 rings (SSSR count). The summed E-state index contributed by atoms with van der Waals surface area (Å²) in [4.78, 5) is 16.1. The molecule has 0 bridgehead atoms. The number of pyridine rings is 1. The second-order valence-electron chi connectivity index (χ2n) is 8.60. The molecule has 1 saturated heterocycles. The van der Waals surface area contributed by atoms with Crippen molar-refractivity contribution in [1.82, 2.24) is 29.3 Å². The van der Waals surface area contributed by atoms with Gasteiger partial charge in [0.05, 0.1) is 6.20 Å². The molecular weight excluding hydrogens is 480 g/mol. The number of fused-ring (bicyclic) bond motifs is 1. The molecule has 1 unspecified atom stereocenters. The molecule has 1 aliphatic heterocycles. The Balaban J connectivity index is 0.000000384. The number of piperidine rings is 1. The van der Waals surface area contributed by atoms with E-state index < -0.39 is 12.1 Å². The molecule has 1 aromatic carbocycles. The first-order valence-corrected chi connectivity index (χ1v) is 11.2. The average Bonchev–Trinajstić information content (AvgIpc) is 3.44. The first-order chi connectivity index (χ1) is 17.1. The van der Waals surface area contributed by atoms with E-state index in [0.29, 0.717) is 5.92 Å². The van der Waals surface area contributed by atoms with Gasteiger partial charge in [-0.3, -0.25) is 9.58 Å². The number of hydrogen-bond acceptors (Lipinski definition) is 5. The molecule has 8 nitrogen and oxygen atoms in total. The van der Waals surface area contributed by atoms with E-state index >= 15 is 0 Å². The van der Waals surface area contributed by atoms with Crippen molar-refractivity contribution in [2.75, 3.05) is 13.1 Å². The first kappa shape index (κ1) is 25.3. The summed E-state index contributed by atoms with van der Waals surface area (Å²) in [6.07, 6.45) is 3.07. The predicted molar refractivity (Wildman–Crippen MR) is 123 cm³/mol. The monoisotopic (exact) mass is 504 g/mol. The molecule has 0 amide bonds. The SMILES string of the molecule is Cn1cc(CN2CCCC(c3nc4ccc(-c5cccc(F)c5)cn4n3)C2)cn1.O=C(O)C(F)(F)F. The molecule has 36 heavy (non-hydrogen) atoms. The normalized spacial score (nSPS) is 16.5. The Morgan fingerprint density at radius 1 is 1.17 bits per heavy atom. The Morgan fingerprint density at radius 2 is 1.94 bits per heavy atom. The molecule has 0 spiro atoms. The molecule has 4 aromatic rings. The summed E-state index contributed by atoms with van der Waals surface area (Å²) in [6, 6.07) is 10.5. The van der Waals surface area contributed by atoms with Gasteiger partial charge in [-0.15, -0.1) is 0 Å². The molecule has 12 heteroatoms. The molecule has 0 radical (unpaired) electrons. The minimum Gasteiger partial charge on any atom is -0.475 e. The van der Waals surface area contributed by atoms with Crippen LogP contribution in [0.2, 0.25) is 0 Å². The van der Waals surface area contributed by atoms with Crippen LogP contribution < -0.4 is 0 Å². The third-order valence-electron chi connectivity index (χ3n) is 5.78. The first-order valence-electron chi connectivity index (χ1n) is 11.2. The van der Waals surface area contributed by atoms with Crippen LogP contribution in [-0.4, -0.2) is 59.6 Å². The third kappa shape index (κ3) is 6.25. The van der Waals surface area contributed by atoms with E-state index in [1.165, 1.54) is 17.7 Å². The van der Waals surface area contributed by atoms with Crippen molar-refractivity contribution in [3.05, 3.63) is 72.2 Å². The number of benzene rings is 1. The molecule has 3 aromatic heterocycles. The zero-order valence-electron chi connectivity index (χ0n) is 19.4. The van der Waals surface area contributed by atoms with Crippen molar-refractivity contribution >= 4 is 11.6 Å². The van der Waals surface area contributed by atoms with Gasteiger partial charge in [0.1, 0.15) is 5.82 Å². The second-order valence-corrected chi connectivity index (χ2v) is 8.60. The van der Waals surface area contributed by atoms with Crippen molar-refractivity contribution in [1.29, 1.82) is 0 Å². The average molecular weight is 504 g/mol. The standard InChI is InChI=1S/C22H23FN6.C2HF3O2/c1-27-12-16(11-24-27)13-28-9-3-5-19(14-28)22-25-21-8-7-18(15-29(21)26-22)17-4-2-6-20(23)10-17;3-2(4,5)1(6)7/h2,4,6-8,10-12,15,19H,3,5,9,13-14H2,1H3;(H,6,7). The summed E-state index contributed by atoms with van der Waals surface area (Å²) in [5.41, 5.74) is 3.82. The van der Waals surface area contributed by atoms with Gasteiger partial charge in [-0.1, -0.05) is 12.1 Å². The molecule has 4 heterocycles. The molecule has 1 N–H and O–H groups in total. The number of rotatable bonds is 4. The number of aryl methyl sites for hydroxylation is 1. The topological polar surface area (TPSA) is 88.5 Å². The number of aliphatic carboxylic acids is 1. The highest BCUT2D eigenvalue weighted by atomic mass is 19.4. The Kier molecular flexibility index (Phi) is 7.34. The van der Waals surface area contributed by atoms with E-state index in [1.54, 1.807) is 6.07 Å². The van der Waals surface area contributed by atoms with E-state index in [-0.39, 0.29) is 5.82 Å². The minimum absolute atomic E-state index is 0.238. The van der Waals surface area contributed by atoms with Gasteiger partial charge in [-0.2, -0.15) is 23.4 Å². The van der Waals surface area contributed by atoms with Crippen molar-refractivity contribution in [2.24, 2.45) is 7.05 Å². The Morgan fingerprint density at radius 3 is 2.61 bits per heavy atom. The van der Waals surface area contributed by atoms with Crippen LogP contribution in [0.25, 0.3) is 16.8 Å². The van der Waals surface area contributed by atoms with Crippen molar-refractivity contribution in [3.63, 3.8) is 0 Å². The molecule has 1 atom stereocenters. The van der Waals surface area contributed by atoms with Gasteiger partial charge in [0.15, 0.2) is 11.5 Å². The smallest absolute Gasteiger partial charge is 0.475 e. The number of carboxylic acid groups (broad SMARTS) is 1. The van der Waals surface area contributed by atoms with Crippen LogP contribution in [0.5, 0.6) is 0 Å². The van der Waals surface area contributed by atoms with Gasteiger partial charge in [0.2, 0.25) is 0 Å². The van der Waals surface area contributed by atoms with Crippen molar-refractivity contribution < 1.29 is 27.5 Å². The van der Waals surface area contributed by atoms with Crippen LogP contribution in [0.15, 0.2) is 55.0 Å². The zero-order chi connectivity index (χ0) is 25.9. The summed E-state index contributed by atoms with van der Waals surface area (Å²) in [5, 5.41) is 16.1. The number of likely N-dealkylation sites (tertiary alicyclic amines) is 1. The number of aromatic nitrogens is 5. The largest absolute Gasteiger partial charge is 0.490 e. The van der Waals surface area contributed by atoms with Crippen LogP contribution in [0.1, 0.15) is 30.1 Å². The van der Waals surface area contributed by atoms with Crippen molar-refractivity contribution in [2.45, 2.75) is 31.5 Å². The summed E-state index contributed by atoms with van der Waals surface area (Å²) < 4.78 is 49.0. The quantitative estimate of drug-likeness (QED) is 0.418. The molecule has 0 aliphatic carbocycles. The third-order valence-corrected chi connectivity index (χ3v) is 5.78. The van der Waals surface area contributed by atoms with Crippen LogP contribution in [-0.2, 0) is 18.4 Å². The Hall–Kier alpha value is -3.80. The lowest BCUT2D eigenvalue weighted by Crippen LogP contribution is -2.34. The molecule has 1 aliphatic rings. The number of carbonyl (C=O) groups is 1. The highest BCUT2D eigenvalue weighted by Crippen LogP contribution is 2.27. The van der Waals surface area contributed by atoms with Crippen LogP contribution in [0.3, 0.4) is 0 Å². The van der Waals surface area contributed by atoms with Gasteiger partial charge in [0, 0.05) is 49.6 Å². The maximum Gasteiger partial charge on any atom is 0.490 e. The molecule has 1 fully saturated rings. The summed E-state index contributed by atoms with van der Waals surface area (Å²) in [7, 11) is 1.95. The highest BCUT2D eigenvalue weighted by Gasteiger charge is 2.38. The van der Waals surface area contributed by atoms with Crippen LogP contribution in [0, 0.1) is 5.82 Å². The lowest BCUT2D eigenvalue weighted by Gasteiger charge is -2.30. The second kappa shape index (κ2) is 10.4. The van der Waals surface area contributed by atoms with Crippen LogP contribution in [0.4, 0.5) is 17.6 Å². The molecule has 190 valence electrons. The predicted octanol–water partition coefficient (Wildman–Crippen LogP) is 4.28. The zero-order valence-corrected chi connectivity index (χ0v) is 19.4. The van der Waals surface area contributed by atoms with E-state index in [0.717, 1.165) is 55.1 Å². The van der Waals surface area contributed by atoms with E-state index in [4.69, 9.17) is 20.0 Å². The van der Waals surface area contributed by atoms with E-state index in [1.807, 2.05) is 46.8 Å². The van der Waals surface area contributed by atoms with E-state index in [2.05, 4.69) is 16.2 Å². The summed E-state index contributed by atoms with van der Waals surface area (Å²) in [5.74, 6) is -1.79. The number of alkyl halides is 3.